The van der Waals surface area contributed by atoms with Crippen molar-refractivity contribution < 1.29 is 18.6 Å². The van der Waals surface area contributed by atoms with Gasteiger partial charge in [0.2, 0.25) is 0 Å². The molecule has 2 fully saturated rings. The fourth-order valence-electron chi connectivity index (χ4n) is 4.18. The average molecular weight is 366 g/mol. The molecule has 5 nitrogen and oxygen atoms in total. The van der Waals surface area contributed by atoms with Gasteiger partial charge in [-0.15, -0.1) is 0 Å². The van der Waals surface area contributed by atoms with E-state index < -0.39 is 0 Å². The molecule has 1 N–H and O–H groups in total. The highest BCUT2D eigenvalue weighted by atomic mass is 19.1. The summed E-state index contributed by atoms with van der Waals surface area (Å²) >= 11 is 0. The smallest absolute Gasteiger partial charge is 0.125 e. The zero-order chi connectivity index (χ0) is 18.2. The molecule has 6 heteroatoms. The Morgan fingerprint density at radius 2 is 1.96 bits per heavy atom. The van der Waals surface area contributed by atoms with E-state index in [1.165, 1.54) is 12.5 Å². The highest BCUT2D eigenvalue weighted by Gasteiger charge is 2.41. The molecule has 2 unspecified atom stereocenters. The fraction of sp³-hybridized carbons (Fsp3) is 0.700. The molecular formula is C20H31FN2O3. The minimum atomic E-state index is -0.163. The average Bonchev–Trinajstić information content (AvgIpc) is 3.07. The van der Waals surface area contributed by atoms with Crippen molar-refractivity contribution >= 4 is 5.69 Å². The Balaban J connectivity index is 1.47. The van der Waals surface area contributed by atoms with E-state index in [-0.39, 0.29) is 5.82 Å². The van der Waals surface area contributed by atoms with Crippen molar-refractivity contribution in [3.8, 4) is 0 Å². The lowest BCUT2D eigenvalue weighted by Crippen LogP contribution is -2.51. The number of nitrogens with zero attached hydrogens (tertiary/aromatic N) is 1. The summed E-state index contributed by atoms with van der Waals surface area (Å²) in [4.78, 5) is 2.40. The maximum Gasteiger partial charge on any atom is 0.125 e. The number of anilines is 1. The molecular weight excluding hydrogens is 335 g/mol. The van der Waals surface area contributed by atoms with Crippen LogP contribution in [0.2, 0.25) is 0 Å². The van der Waals surface area contributed by atoms with E-state index in [0.29, 0.717) is 44.4 Å². The van der Waals surface area contributed by atoms with Crippen molar-refractivity contribution in [3.63, 3.8) is 0 Å². The van der Waals surface area contributed by atoms with E-state index in [2.05, 4.69) is 10.2 Å². The van der Waals surface area contributed by atoms with Crippen molar-refractivity contribution in [2.75, 3.05) is 58.1 Å². The largest absolute Gasteiger partial charge is 0.382 e. The molecule has 2 aliphatic heterocycles. The number of hydrogen-bond donors (Lipinski definition) is 1. The van der Waals surface area contributed by atoms with Gasteiger partial charge in [0.25, 0.3) is 0 Å². The zero-order valence-corrected chi connectivity index (χ0v) is 15.7. The number of benzene rings is 1. The first-order valence-electron chi connectivity index (χ1n) is 9.69. The molecule has 0 bridgehead atoms. The van der Waals surface area contributed by atoms with Crippen LogP contribution in [0.4, 0.5) is 10.1 Å². The Hall–Kier alpha value is -1.21. The van der Waals surface area contributed by atoms with Crippen LogP contribution in [0.3, 0.4) is 0 Å². The Morgan fingerprint density at radius 1 is 1.15 bits per heavy atom. The van der Waals surface area contributed by atoms with E-state index in [9.17, 15) is 4.39 Å². The first kappa shape index (κ1) is 19.5. The van der Waals surface area contributed by atoms with Gasteiger partial charge in [-0.3, -0.25) is 0 Å². The summed E-state index contributed by atoms with van der Waals surface area (Å²) in [6, 6.07) is 7.91. The van der Waals surface area contributed by atoms with Crippen molar-refractivity contribution in [3.05, 3.63) is 30.1 Å². The van der Waals surface area contributed by atoms with Crippen LogP contribution < -0.4 is 10.2 Å². The van der Waals surface area contributed by atoms with Gasteiger partial charge in [0, 0.05) is 44.6 Å². The second-order valence-electron chi connectivity index (χ2n) is 7.09. The van der Waals surface area contributed by atoms with Gasteiger partial charge >= 0.3 is 0 Å². The van der Waals surface area contributed by atoms with Gasteiger partial charge < -0.3 is 24.4 Å². The molecule has 1 aromatic carbocycles. The summed E-state index contributed by atoms with van der Waals surface area (Å²) in [5.41, 5.74) is 1.00. The van der Waals surface area contributed by atoms with E-state index in [4.69, 9.17) is 14.2 Å². The summed E-state index contributed by atoms with van der Waals surface area (Å²) in [5.74, 6) is 0.363. The Morgan fingerprint density at radius 3 is 2.77 bits per heavy atom. The number of halogens is 1. The molecule has 3 rings (SSSR count). The number of methoxy groups -OCH3 is 1. The predicted molar refractivity (Wildman–Crippen MR) is 100 cm³/mol. The fourth-order valence-corrected chi connectivity index (χ4v) is 4.18. The number of rotatable bonds is 10. The number of ether oxygens (including phenoxy) is 3. The Kier molecular flexibility index (Phi) is 7.68. The van der Waals surface area contributed by atoms with Gasteiger partial charge in [0.05, 0.1) is 26.4 Å². The monoisotopic (exact) mass is 366 g/mol. The van der Waals surface area contributed by atoms with Crippen molar-refractivity contribution in [2.45, 2.75) is 31.3 Å². The molecule has 3 atom stereocenters. The highest BCUT2D eigenvalue weighted by Crippen LogP contribution is 2.34. The molecule has 0 aromatic heterocycles. The molecule has 146 valence electrons. The second kappa shape index (κ2) is 10.2. The van der Waals surface area contributed by atoms with Crippen LogP contribution >= 0.6 is 0 Å². The lowest BCUT2D eigenvalue weighted by atomic mass is 9.88. The zero-order valence-electron chi connectivity index (χ0n) is 15.7. The van der Waals surface area contributed by atoms with Crippen molar-refractivity contribution in [1.82, 2.24) is 5.32 Å². The lowest BCUT2D eigenvalue weighted by Gasteiger charge is -2.41. The van der Waals surface area contributed by atoms with Gasteiger partial charge in [0.1, 0.15) is 5.82 Å². The standard InChI is InChI=1S/C20H31FN2O3/c1-24-10-11-26-13-12-25-9-7-16-15-22-19-6-3-8-23(20(16)19)18-5-2-4-17(21)14-18/h2,4-5,14,16,19-20,22H,3,6-13,15H2,1H3/t16?,19-,20?/m1/s1. The molecule has 0 saturated carbocycles. The van der Waals surface area contributed by atoms with Crippen molar-refractivity contribution in [2.24, 2.45) is 5.92 Å². The molecule has 0 spiro atoms. The van der Waals surface area contributed by atoms with Gasteiger partial charge in [0.15, 0.2) is 0 Å². The van der Waals surface area contributed by atoms with Gasteiger partial charge in [-0.2, -0.15) is 0 Å². The summed E-state index contributed by atoms with van der Waals surface area (Å²) in [6.45, 7) is 5.19. The van der Waals surface area contributed by atoms with Crippen LogP contribution in [0.5, 0.6) is 0 Å². The van der Waals surface area contributed by atoms with Gasteiger partial charge in [-0.05, 0) is 43.4 Å². The van der Waals surface area contributed by atoms with Crippen molar-refractivity contribution in [1.29, 1.82) is 0 Å². The minimum absolute atomic E-state index is 0.163. The van der Waals surface area contributed by atoms with Crippen LogP contribution in [0.25, 0.3) is 0 Å². The molecule has 0 amide bonds. The number of fused-ring (bicyclic) bond motifs is 1. The van der Waals surface area contributed by atoms with E-state index in [0.717, 1.165) is 38.2 Å². The summed E-state index contributed by atoms with van der Waals surface area (Å²) in [5, 5.41) is 3.67. The minimum Gasteiger partial charge on any atom is -0.382 e. The highest BCUT2D eigenvalue weighted by molar-refractivity contribution is 5.49. The van der Waals surface area contributed by atoms with E-state index in [1.54, 1.807) is 19.2 Å². The van der Waals surface area contributed by atoms with E-state index >= 15 is 0 Å². The van der Waals surface area contributed by atoms with Crippen LogP contribution in [-0.4, -0.2) is 65.3 Å². The van der Waals surface area contributed by atoms with E-state index in [1.807, 2.05) is 6.07 Å². The predicted octanol–water partition coefficient (Wildman–Crippen LogP) is 2.45. The molecule has 1 aromatic rings. The number of piperidine rings is 1. The quantitative estimate of drug-likeness (QED) is 0.645. The third-order valence-electron chi connectivity index (χ3n) is 5.39. The molecule has 2 heterocycles. The maximum atomic E-state index is 13.7. The molecule has 0 aliphatic carbocycles. The third-order valence-corrected chi connectivity index (χ3v) is 5.39. The lowest BCUT2D eigenvalue weighted by molar-refractivity contribution is 0.0217. The molecule has 0 radical (unpaired) electrons. The third kappa shape index (κ3) is 5.16. The first-order valence-corrected chi connectivity index (χ1v) is 9.69. The molecule has 2 saturated heterocycles. The number of nitrogens with one attached hydrogen (secondary N) is 1. The van der Waals surface area contributed by atoms with Crippen LogP contribution in [0, 0.1) is 11.7 Å². The summed E-state index contributed by atoms with van der Waals surface area (Å²) in [6.07, 6.45) is 3.35. The summed E-state index contributed by atoms with van der Waals surface area (Å²) < 4.78 is 29.8. The number of hydrogen-bond acceptors (Lipinski definition) is 5. The Bertz CT molecular complexity index is 546. The first-order chi connectivity index (χ1) is 12.8. The topological polar surface area (TPSA) is 43.0 Å². The molecule has 26 heavy (non-hydrogen) atoms. The SMILES string of the molecule is COCCOCCOCCC1CN[C@@H]2CCCN(c3cccc(F)c3)C12. The maximum absolute atomic E-state index is 13.7. The van der Waals surface area contributed by atoms with Crippen LogP contribution in [-0.2, 0) is 14.2 Å². The van der Waals surface area contributed by atoms with Crippen LogP contribution in [0.1, 0.15) is 19.3 Å². The van der Waals surface area contributed by atoms with Gasteiger partial charge in [-0.1, -0.05) is 6.07 Å². The second-order valence-corrected chi connectivity index (χ2v) is 7.09. The summed E-state index contributed by atoms with van der Waals surface area (Å²) in [7, 11) is 1.67. The molecule has 2 aliphatic rings. The van der Waals surface area contributed by atoms with Crippen LogP contribution in [0.15, 0.2) is 24.3 Å². The van der Waals surface area contributed by atoms with Gasteiger partial charge in [-0.25, -0.2) is 4.39 Å². The normalized spacial score (nSPS) is 25.5. The Labute approximate surface area is 155 Å².